The van der Waals surface area contributed by atoms with Gasteiger partial charge in [-0.05, 0) is 43.2 Å². The van der Waals surface area contributed by atoms with Gasteiger partial charge in [-0.2, -0.15) is 0 Å². The number of fused-ring (bicyclic) bond motifs is 4. The van der Waals surface area contributed by atoms with Gasteiger partial charge in [0.15, 0.2) is 5.65 Å². The zero-order valence-electron chi connectivity index (χ0n) is 18.4. The minimum absolute atomic E-state index is 0.0530. The van der Waals surface area contributed by atoms with E-state index in [4.69, 9.17) is 4.74 Å². The number of alkyl halides is 2. The number of hydrogen-bond acceptors (Lipinski definition) is 4. The molecule has 0 amide bonds. The summed E-state index contributed by atoms with van der Waals surface area (Å²) in [5, 5.41) is 10.1. The smallest absolute Gasteiger partial charge is 0.337 e. The molecule has 172 valence electrons. The first-order valence-electron chi connectivity index (χ1n) is 10.9. The Morgan fingerprint density at radius 3 is 2.82 bits per heavy atom. The van der Waals surface area contributed by atoms with E-state index >= 15 is 0 Å². The van der Waals surface area contributed by atoms with E-state index in [2.05, 4.69) is 14.5 Å². The number of benzene rings is 1. The molecule has 1 aromatic carbocycles. The van der Waals surface area contributed by atoms with Gasteiger partial charge in [0.05, 0.1) is 12.2 Å². The van der Waals surface area contributed by atoms with E-state index in [-0.39, 0.29) is 18.4 Å². The second kappa shape index (κ2) is 7.91. The van der Waals surface area contributed by atoms with Crippen LogP contribution in [0.2, 0.25) is 0 Å². The zero-order valence-corrected chi connectivity index (χ0v) is 18.4. The third-order valence-electron chi connectivity index (χ3n) is 6.37. The normalized spacial score (nSPS) is 15.3. The molecule has 4 aromatic rings. The molecule has 0 saturated carbocycles. The Bertz CT molecular complexity index is 1390. The molecule has 0 atom stereocenters. The number of carboxylic acid groups (broad SMARTS) is 1. The van der Waals surface area contributed by atoms with Crippen LogP contribution in [0.25, 0.3) is 33.5 Å². The van der Waals surface area contributed by atoms with E-state index in [1.165, 1.54) is 12.3 Å². The Hall–Kier alpha value is -3.33. The molecule has 0 fully saturated rings. The zero-order chi connectivity index (χ0) is 23.3. The van der Waals surface area contributed by atoms with Crippen LogP contribution in [-0.4, -0.2) is 49.8 Å². The summed E-state index contributed by atoms with van der Waals surface area (Å²) in [5.41, 5.74) is 4.45. The van der Waals surface area contributed by atoms with Crippen LogP contribution in [0.3, 0.4) is 0 Å². The molecule has 7 nitrogen and oxygen atoms in total. The lowest BCUT2D eigenvalue weighted by atomic mass is 9.92. The average molecular weight is 454 g/mol. The summed E-state index contributed by atoms with van der Waals surface area (Å²) >= 11 is 0. The van der Waals surface area contributed by atoms with Gasteiger partial charge in [0.25, 0.3) is 5.92 Å². The van der Waals surface area contributed by atoms with Gasteiger partial charge in [0.2, 0.25) is 0 Å². The lowest BCUT2D eigenvalue weighted by molar-refractivity contribution is -0.0125. The van der Waals surface area contributed by atoms with Crippen LogP contribution in [0.4, 0.5) is 8.78 Å². The molecule has 1 aliphatic rings. The Balaban J connectivity index is 1.71. The first kappa shape index (κ1) is 21.5. The Morgan fingerprint density at radius 1 is 1.27 bits per heavy atom. The number of carboxylic acids is 1. The third-order valence-corrected chi connectivity index (χ3v) is 6.37. The van der Waals surface area contributed by atoms with Gasteiger partial charge in [-0.25, -0.2) is 23.5 Å². The molecule has 0 radical (unpaired) electrons. The maximum atomic E-state index is 14.3. The highest BCUT2D eigenvalue weighted by Gasteiger charge is 2.37. The minimum Gasteiger partial charge on any atom is -0.478 e. The summed E-state index contributed by atoms with van der Waals surface area (Å²) in [4.78, 5) is 20.4. The van der Waals surface area contributed by atoms with Gasteiger partial charge in [-0.1, -0.05) is 0 Å². The number of rotatable bonds is 6. The molecule has 5 rings (SSSR count). The summed E-state index contributed by atoms with van der Waals surface area (Å²) in [7, 11) is 1.60. The number of nitrogens with zero attached hydrogens (tertiary/aromatic N) is 4. The van der Waals surface area contributed by atoms with Crippen LogP contribution < -0.4 is 0 Å². The van der Waals surface area contributed by atoms with Crippen molar-refractivity contribution in [3.05, 3.63) is 47.3 Å². The lowest BCUT2D eigenvalue weighted by Gasteiger charge is -2.23. The van der Waals surface area contributed by atoms with Crippen molar-refractivity contribution < 1.29 is 23.4 Å². The number of aromatic carboxylic acids is 1. The van der Waals surface area contributed by atoms with Gasteiger partial charge >= 0.3 is 5.97 Å². The predicted octanol–water partition coefficient (Wildman–Crippen LogP) is 4.54. The number of imidazole rings is 1. The second-order valence-corrected chi connectivity index (χ2v) is 8.39. The van der Waals surface area contributed by atoms with E-state index in [1.807, 2.05) is 29.7 Å². The Labute approximate surface area is 188 Å². The fourth-order valence-electron chi connectivity index (χ4n) is 4.85. The van der Waals surface area contributed by atoms with Gasteiger partial charge in [-0.15, -0.1) is 0 Å². The molecule has 1 N–H and O–H groups in total. The lowest BCUT2D eigenvalue weighted by Crippen LogP contribution is -2.26. The van der Waals surface area contributed by atoms with Crippen LogP contribution in [0.1, 0.15) is 35.0 Å². The van der Waals surface area contributed by atoms with Crippen molar-refractivity contribution in [3.63, 3.8) is 0 Å². The fourth-order valence-corrected chi connectivity index (χ4v) is 4.85. The number of carbonyl (C=O) groups is 1. The van der Waals surface area contributed by atoms with Gasteiger partial charge in [-0.3, -0.25) is 0 Å². The Kier molecular flexibility index (Phi) is 5.16. The molecule has 0 unspecified atom stereocenters. The molecule has 0 aliphatic heterocycles. The highest BCUT2D eigenvalue weighted by Crippen LogP contribution is 2.40. The van der Waals surface area contributed by atoms with Crippen LogP contribution >= 0.6 is 0 Å². The van der Waals surface area contributed by atoms with E-state index in [0.717, 1.165) is 22.2 Å². The van der Waals surface area contributed by atoms with Crippen molar-refractivity contribution in [1.82, 2.24) is 19.1 Å². The molecule has 1 aliphatic carbocycles. The van der Waals surface area contributed by atoms with E-state index in [1.54, 1.807) is 7.11 Å². The number of methoxy groups -OCH3 is 1. The second-order valence-electron chi connectivity index (χ2n) is 8.39. The molecule has 3 aromatic heterocycles. The highest BCUT2D eigenvalue weighted by atomic mass is 19.3. The molecule has 0 saturated heterocycles. The van der Waals surface area contributed by atoms with Crippen LogP contribution in [0.15, 0.2) is 30.5 Å². The SMILES string of the molecule is CCn1c2c(c3cc(-c4nc5cc(C(=O)O)cnc5n4CCOC)ccc31)CC(F)(F)CC2. The van der Waals surface area contributed by atoms with Gasteiger partial charge in [0, 0.05) is 61.4 Å². The third kappa shape index (κ3) is 3.56. The number of aromatic nitrogens is 4. The molecular formula is C24H24F2N4O3. The summed E-state index contributed by atoms with van der Waals surface area (Å²) < 4.78 is 37.8. The summed E-state index contributed by atoms with van der Waals surface area (Å²) in [6.07, 6.45) is 1.27. The van der Waals surface area contributed by atoms with Crippen LogP contribution in [0.5, 0.6) is 0 Å². The maximum Gasteiger partial charge on any atom is 0.337 e. The topological polar surface area (TPSA) is 82.2 Å². The molecule has 0 bridgehead atoms. The number of ether oxygens (including phenoxy) is 1. The highest BCUT2D eigenvalue weighted by molar-refractivity contribution is 5.93. The van der Waals surface area contributed by atoms with Crippen molar-refractivity contribution in [1.29, 1.82) is 0 Å². The fraction of sp³-hybridized carbons (Fsp3) is 0.375. The van der Waals surface area contributed by atoms with Gasteiger partial charge < -0.3 is 19.0 Å². The molecule has 0 spiro atoms. The summed E-state index contributed by atoms with van der Waals surface area (Å²) in [5.74, 6) is -3.19. The number of halogens is 2. The van der Waals surface area contributed by atoms with Crippen molar-refractivity contribution in [2.45, 2.75) is 45.2 Å². The van der Waals surface area contributed by atoms with Crippen molar-refractivity contribution in [2.24, 2.45) is 0 Å². The van der Waals surface area contributed by atoms with Crippen molar-refractivity contribution in [3.8, 4) is 11.4 Å². The minimum atomic E-state index is -2.71. The predicted molar refractivity (Wildman–Crippen MR) is 120 cm³/mol. The largest absolute Gasteiger partial charge is 0.478 e. The van der Waals surface area contributed by atoms with Crippen molar-refractivity contribution >= 4 is 28.0 Å². The summed E-state index contributed by atoms with van der Waals surface area (Å²) in [6.45, 7) is 3.62. The Morgan fingerprint density at radius 2 is 2.09 bits per heavy atom. The molecule has 9 heteroatoms. The monoisotopic (exact) mass is 454 g/mol. The number of aryl methyl sites for hydroxylation is 1. The van der Waals surface area contributed by atoms with E-state index in [9.17, 15) is 18.7 Å². The quantitative estimate of drug-likeness (QED) is 0.463. The van der Waals surface area contributed by atoms with E-state index in [0.29, 0.717) is 48.7 Å². The maximum absolute atomic E-state index is 14.3. The molecule has 3 heterocycles. The van der Waals surface area contributed by atoms with Crippen LogP contribution in [0, 0.1) is 0 Å². The van der Waals surface area contributed by atoms with Gasteiger partial charge in [0.1, 0.15) is 11.3 Å². The van der Waals surface area contributed by atoms with Crippen LogP contribution in [-0.2, 0) is 30.7 Å². The first-order chi connectivity index (χ1) is 15.8. The molecule has 33 heavy (non-hydrogen) atoms. The molecular weight excluding hydrogens is 430 g/mol. The van der Waals surface area contributed by atoms with Crippen molar-refractivity contribution in [2.75, 3.05) is 13.7 Å². The summed E-state index contributed by atoms with van der Waals surface area (Å²) in [6, 6.07) is 7.30. The average Bonchev–Trinajstić information content (AvgIpc) is 3.30. The first-order valence-corrected chi connectivity index (χ1v) is 10.9. The number of hydrogen-bond donors (Lipinski definition) is 1. The number of pyridine rings is 1. The standard InChI is InChI=1S/C24H24F2N4O3/c1-3-29-19-5-4-14(10-16(19)17-12-24(25,26)7-6-20(17)29)21-28-18-11-15(23(31)32)13-27-22(18)30(21)8-9-33-2/h4-5,10-11,13H,3,6-9,12H2,1-2H3,(H,31,32). The van der Waals surface area contributed by atoms with E-state index < -0.39 is 11.9 Å².